The molecule has 0 heterocycles. The number of thioether (sulfide) groups is 1. The van der Waals surface area contributed by atoms with Crippen LogP contribution in [0.15, 0.2) is 29.4 Å². The molecule has 76 valence electrons. The normalized spacial score (nSPS) is 11.7. The van der Waals surface area contributed by atoms with E-state index < -0.39 is 0 Å². The van der Waals surface area contributed by atoms with Crippen molar-refractivity contribution >= 4 is 40.0 Å². The first-order valence-corrected chi connectivity index (χ1v) is 5.85. The molecular formula is C9H9Cl2NOS. The lowest BCUT2D eigenvalue weighted by Crippen LogP contribution is -1.98. The Labute approximate surface area is 96.9 Å². The molecule has 1 rings (SSSR count). The smallest absolute Gasteiger partial charge is 0.144 e. The van der Waals surface area contributed by atoms with Crippen LogP contribution in [0.2, 0.25) is 5.02 Å². The van der Waals surface area contributed by atoms with Gasteiger partial charge in [-0.15, -0.1) is 23.4 Å². The summed E-state index contributed by atoms with van der Waals surface area (Å²) in [5.41, 5.74) is 0.729. The average Bonchev–Trinajstić information content (AvgIpc) is 2.21. The highest BCUT2D eigenvalue weighted by Crippen LogP contribution is 2.21. The largest absolute Gasteiger partial charge is 0.410 e. The van der Waals surface area contributed by atoms with E-state index in [9.17, 15) is 0 Å². The molecule has 0 aromatic heterocycles. The van der Waals surface area contributed by atoms with Gasteiger partial charge < -0.3 is 5.21 Å². The maximum atomic E-state index is 8.80. The Balaban J connectivity index is 2.85. The van der Waals surface area contributed by atoms with Crippen LogP contribution in [0.5, 0.6) is 0 Å². The first-order valence-electron chi connectivity index (χ1n) is 3.95. The second-order valence-electron chi connectivity index (χ2n) is 2.42. The van der Waals surface area contributed by atoms with E-state index in [0.717, 1.165) is 5.56 Å². The summed E-state index contributed by atoms with van der Waals surface area (Å²) in [5, 5.41) is 13.1. The molecular weight excluding hydrogens is 241 g/mol. The molecule has 0 aliphatic heterocycles. The van der Waals surface area contributed by atoms with Gasteiger partial charge in [-0.3, -0.25) is 0 Å². The van der Waals surface area contributed by atoms with Crippen molar-refractivity contribution in [3.63, 3.8) is 0 Å². The molecule has 0 aliphatic carbocycles. The topological polar surface area (TPSA) is 32.6 Å². The Morgan fingerprint density at radius 1 is 1.43 bits per heavy atom. The van der Waals surface area contributed by atoms with E-state index in [1.54, 1.807) is 12.1 Å². The van der Waals surface area contributed by atoms with Gasteiger partial charge in [-0.1, -0.05) is 35.0 Å². The second kappa shape index (κ2) is 6.17. The molecule has 0 amide bonds. The minimum atomic E-state index is 0.497. The number of hydrogen-bond acceptors (Lipinski definition) is 3. The van der Waals surface area contributed by atoms with Gasteiger partial charge >= 0.3 is 0 Å². The summed E-state index contributed by atoms with van der Waals surface area (Å²) in [7, 11) is 0. The van der Waals surface area contributed by atoms with Gasteiger partial charge in [-0.2, -0.15) is 0 Å². The van der Waals surface area contributed by atoms with Gasteiger partial charge in [0.1, 0.15) is 5.04 Å². The number of oxime groups is 1. The van der Waals surface area contributed by atoms with E-state index in [4.69, 9.17) is 28.4 Å². The van der Waals surface area contributed by atoms with Crippen molar-refractivity contribution in [1.82, 2.24) is 0 Å². The van der Waals surface area contributed by atoms with Crippen LogP contribution in [0.3, 0.4) is 0 Å². The predicted octanol–water partition coefficient (Wildman–Crippen LogP) is 3.45. The molecule has 0 aliphatic rings. The van der Waals surface area contributed by atoms with Crippen molar-refractivity contribution in [3.8, 4) is 0 Å². The van der Waals surface area contributed by atoms with Gasteiger partial charge in [0, 0.05) is 17.2 Å². The fourth-order valence-electron chi connectivity index (χ4n) is 0.930. The van der Waals surface area contributed by atoms with Crippen LogP contribution in [0.4, 0.5) is 0 Å². The molecule has 0 saturated carbocycles. The number of nitrogens with zero attached hydrogens (tertiary/aromatic N) is 1. The lowest BCUT2D eigenvalue weighted by molar-refractivity contribution is 0.321. The Morgan fingerprint density at radius 3 is 2.71 bits per heavy atom. The van der Waals surface area contributed by atoms with Crippen LogP contribution in [0.1, 0.15) is 5.56 Å². The van der Waals surface area contributed by atoms with Gasteiger partial charge in [0.15, 0.2) is 0 Å². The molecule has 1 N–H and O–H groups in total. The molecule has 1 aromatic rings. The first kappa shape index (κ1) is 11.7. The number of alkyl halides is 1. The predicted molar refractivity (Wildman–Crippen MR) is 63.0 cm³/mol. The van der Waals surface area contributed by atoms with Gasteiger partial charge in [0.2, 0.25) is 0 Å². The highest BCUT2D eigenvalue weighted by molar-refractivity contribution is 8.14. The SMILES string of the molecule is ON=C(SCCCl)c1ccccc1Cl. The number of halogens is 2. The summed E-state index contributed by atoms with van der Waals surface area (Å²) in [6.07, 6.45) is 0. The van der Waals surface area contributed by atoms with Crippen LogP contribution in [0, 0.1) is 0 Å². The zero-order chi connectivity index (χ0) is 10.4. The summed E-state index contributed by atoms with van der Waals surface area (Å²) >= 11 is 12.9. The van der Waals surface area contributed by atoms with Crippen molar-refractivity contribution in [2.24, 2.45) is 5.16 Å². The minimum Gasteiger partial charge on any atom is -0.410 e. The molecule has 0 saturated heterocycles. The van der Waals surface area contributed by atoms with Crippen molar-refractivity contribution in [2.75, 3.05) is 11.6 Å². The van der Waals surface area contributed by atoms with E-state index in [1.165, 1.54) is 11.8 Å². The maximum absolute atomic E-state index is 8.80. The molecule has 14 heavy (non-hydrogen) atoms. The summed E-state index contributed by atoms with van der Waals surface area (Å²) in [5.74, 6) is 1.19. The Hall–Kier alpha value is -0.380. The van der Waals surface area contributed by atoms with Crippen molar-refractivity contribution < 1.29 is 5.21 Å². The summed E-state index contributed by atoms with van der Waals surface area (Å²) in [4.78, 5) is 0. The quantitative estimate of drug-likeness (QED) is 0.293. The molecule has 2 nitrogen and oxygen atoms in total. The molecule has 0 radical (unpaired) electrons. The van der Waals surface area contributed by atoms with Gasteiger partial charge in [0.25, 0.3) is 0 Å². The standard InChI is InChI=1S/C9H9Cl2NOS/c10-5-6-14-9(12-13)7-3-1-2-4-8(7)11/h1-4,13H,5-6H2. The van der Waals surface area contributed by atoms with Crippen LogP contribution in [0.25, 0.3) is 0 Å². The molecule has 0 bridgehead atoms. The molecule has 0 fully saturated rings. The number of rotatable bonds is 3. The minimum absolute atomic E-state index is 0.497. The highest BCUT2D eigenvalue weighted by Gasteiger charge is 2.08. The summed E-state index contributed by atoms with van der Waals surface area (Å²) < 4.78 is 0. The fourth-order valence-corrected chi connectivity index (χ4v) is 2.10. The molecule has 0 spiro atoms. The van der Waals surface area contributed by atoms with E-state index >= 15 is 0 Å². The maximum Gasteiger partial charge on any atom is 0.144 e. The molecule has 0 atom stereocenters. The Kier molecular flexibility index (Phi) is 5.15. The third-order valence-electron chi connectivity index (χ3n) is 1.51. The lowest BCUT2D eigenvalue weighted by atomic mass is 10.2. The first-order chi connectivity index (χ1) is 6.79. The van der Waals surface area contributed by atoms with Crippen molar-refractivity contribution in [3.05, 3.63) is 34.9 Å². The Morgan fingerprint density at radius 2 is 2.14 bits per heavy atom. The summed E-state index contributed by atoms with van der Waals surface area (Å²) in [6, 6.07) is 7.22. The van der Waals surface area contributed by atoms with E-state index in [0.29, 0.717) is 21.7 Å². The second-order valence-corrected chi connectivity index (χ2v) is 4.29. The highest BCUT2D eigenvalue weighted by atomic mass is 35.5. The monoisotopic (exact) mass is 249 g/mol. The molecule has 1 aromatic carbocycles. The average molecular weight is 250 g/mol. The van der Waals surface area contributed by atoms with Crippen LogP contribution < -0.4 is 0 Å². The van der Waals surface area contributed by atoms with Crippen LogP contribution in [-0.4, -0.2) is 21.9 Å². The van der Waals surface area contributed by atoms with E-state index in [2.05, 4.69) is 5.16 Å². The van der Waals surface area contributed by atoms with Crippen molar-refractivity contribution in [2.45, 2.75) is 0 Å². The Bertz CT molecular complexity index is 330. The van der Waals surface area contributed by atoms with Gasteiger partial charge in [0.05, 0.1) is 5.02 Å². The third kappa shape index (κ3) is 3.08. The number of hydrogen-bond donors (Lipinski definition) is 1. The fraction of sp³-hybridized carbons (Fsp3) is 0.222. The third-order valence-corrected chi connectivity index (χ3v) is 3.24. The molecule has 0 unspecified atom stereocenters. The lowest BCUT2D eigenvalue weighted by Gasteiger charge is -2.04. The van der Waals surface area contributed by atoms with Crippen LogP contribution in [-0.2, 0) is 0 Å². The molecule has 5 heteroatoms. The van der Waals surface area contributed by atoms with Crippen LogP contribution >= 0.6 is 35.0 Å². The number of benzene rings is 1. The zero-order valence-electron chi connectivity index (χ0n) is 7.28. The zero-order valence-corrected chi connectivity index (χ0v) is 9.61. The van der Waals surface area contributed by atoms with E-state index in [-0.39, 0.29) is 0 Å². The van der Waals surface area contributed by atoms with Gasteiger partial charge in [-0.05, 0) is 6.07 Å². The van der Waals surface area contributed by atoms with E-state index in [1.807, 2.05) is 12.1 Å². The summed E-state index contributed by atoms with van der Waals surface area (Å²) in [6.45, 7) is 0. The van der Waals surface area contributed by atoms with Gasteiger partial charge in [-0.25, -0.2) is 0 Å². The van der Waals surface area contributed by atoms with Crippen molar-refractivity contribution in [1.29, 1.82) is 0 Å².